The van der Waals surface area contributed by atoms with Crippen LogP contribution in [0.4, 0.5) is 0 Å². The van der Waals surface area contributed by atoms with Crippen LogP contribution < -0.4 is 5.32 Å². The number of amides is 2. The van der Waals surface area contributed by atoms with E-state index in [0.29, 0.717) is 25.3 Å². The molecule has 2 rings (SSSR count). The fourth-order valence-electron chi connectivity index (χ4n) is 2.90. The number of benzene rings is 1. The fraction of sp³-hybridized carbons (Fsp3) is 0.579. The molecule has 23 heavy (non-hydrogen) atoms. The highest BCUT2D eigenvalue weighted by atomic mass is 16.2. The highest BCUT2D eigenvalue weighted by molar-refractivity contribution is 5.82. The van der Waals surface area contributed by atoms with Gasteiger partial charge in [0, 0.05) is 32.0 Å². The number of hydrogen-bond acceptors (Lipinski definition) is 2. The number of rotatable bonds is 7. The number of nitrogens with zero attached hydrogens (tertiary/aromatic N) is 1. The zero-order valence-corrected chi connectivity index (χ0v) is 14.5. The molecule has 126 valence electrons. The molecule has 1 aromatic carbocycles. The van der Waals surface area contributed by atoms with Gasteiger partial charge in [-0.05, 0) is 31.2 Å². The van der Waals surface area contributed by atoms with Crippen molar-refractivity contribution in [3.8, 4) is 0 Å². The SMILES string of the molecule is Cc1ccc(CN2C(=O)CCC2CC(=O)NCCC(C)C)cc1. The lowest BCUT2D eigenvalue weighted by atomic mass is 10.1. The minimum Gasteiger partial charge on any atom is -0.356 e. The molecule has 0 aliphatic carbocycles. The second-order valence-electron chi connectivity index (χ2n) is 6.94. The van der Waals surface area contributed by atoms with Crippen molar-refractivity contribution in [1.29, 1.82) is 0 Å². The van der Waals surface area contributed by atoms with Crippen molar-refractivity contribution in [2.24, 2.45) is 5.92 Å². The monoisotopic (exact) mass is 316 g/mol. The summed E-state index contributed by atoms with van der Waals surface area (Å²) in [5.41, 5.74) is 2.33. The molecule has 1 aliphatic heterocycles. The number of aryl methyl sites for hydroxylation is 1. The first kappa shape index (κ1) is 17.5. The Hall–Kier alpha value is -1.84. The normalized spacial score (nSPS) is 17.8. The molecular formula is C19H28N2O2. The van der Waals surface area contributed by atoms with Crippen LogP contribution in [0.2, 0.25) is 0 Å². The standard InChI is InChI=1S/C19H28N2O2/c1-14(2)10-11-20-18(22)12-17-8-9-19(23)21(17)13-16-6-4-15(3)5-7-16/h4-7,14,17H,8-13H2,1-3H3,(H,20,22). The Morgan fingerprint density at radius 3 is 2.65 bits per heavy atom. The van der Waals surface area contributed by atoms with Gasteiger partial charge in [0.2, 0.25) is 11.8 Å². The van der Waals surface area contributed by atoms with Gasteiger partial charge in [0.15, 0.2) is 0 Å². The van der Waals surface area contributed by atoms with Gasteiger partial charge < -0.3 is 10.2 Å². The molecule has 1 aliphatic rings. The third-order valence-corrected chi connectivity index (χ3v) is 4.39. The predicted octanol–water partition coefficient (Wildman–Crippen LogP) is 3.04. The molecule has 1 unspecified atom stereocenters. The van der Waals surface area contributed by atoms with Crippen molar-refractivity contribution in [3.05, 3.63) is 35.4 Å². The molecule has 0 radical (unpaired) electrons. The molecular weight excluding hydrogens is 288 g/mol. The van der Waals surface area contributed by atoms with Crippen LogP contribution in [-0.4, -0.2) is 29.3 Å². The summed E-state index contributed by atoms with van der Waals surface area (Å²) in [6.45, 7) is 7.66. The first-order chi connectivity index (χ1) is 11.0. The first-order valence-corrected chi connectivity index (χ1v) is 8.57. The zero-order chi connectivity index (χ0) is 16.8. The van der Waals surface area contributed by atoms with Crippen LogP contribution in [0.1, 0.15) is 50.7 Å². The average molecular weight is 316 g/mol. The predicted molar refractivity (Wildman–Crippen MR) is 91.8 cm³/mol. The van der Waals surface area contributed by atoms with Crippen molar-refractivity contribution >= 4 is 11.8 Å². The molecule has 1 atom stereocenters. The van der Waals surface area contributed by atoms with E-state index in [4.69, 9.17) is 0 Å². The van der Waals surface area contributed by atoms with Crippen molar-refractivity contribution in [2.75, 3.05) is 6.54 Å². The molecule has 0 spiro atoms. The smallest absolute Gasteiger partial charge is 0.223 e. The first-order valence-electron chi connectivity index (χ1n) is 8.57. The minimum absolute atomic E-state index is 0.0304. The Kier molecular flexibility index (Phi) is 6.20. The molecule has 1 N–H and O–H groups in total. The molecule has 1 fully saturated rings. The maximum atomic E-state index is 12.1. The molecule has 1 saturated heterocycles. The maximum Gasteiger partial charge on any atom is 0.223 e. The van der Waals surface area contributed by atoms with E-state index in [1.165, 1.54) is 5.56 Å². The summed E-state index contributed by atoms with van der Waals surface area (Å²) in [5, 5.41) is 2.97. The van der Waals surface area contributed by atoms with Gasteiger partial charge in [0.1, 0.15) is 0 Å². The Balaban J connectivity index is 1.88. The van der Waals surface area contributed by atoms with Crippen molar-refractivity contribution in [2.45, 2.75) is 59.0 Å². The Morgan fingerprint density at radius 1 is 1.30 bits per heavy atom. The van der Waals surface area contributed by atoms with Gasteiger partial charge in [-0.1, -0.05) is 43.7 Å². The summed E-state index contributed by atoms with van der Waals surface area (Å²) in [5.74, 6) is 0.797. The molecule has 4 heteroatoms. The van der Waals surface area contributed by atoms with Crippen LogP contribution in [0.3, 0.4) is 0 Å². The summed E-state index contributed by atoms with van der Waals surface area (Å²) < 4.78 is 0. The molecule has 1 heterocycles. The van der Waals surface area contributed by atoms with Gasteiger partial charge in [-0.15, -0.1) is 0 Å². The van der Waals surface area contributed by atoms with E-state index in [1.54, 1.807) is 0 Å². The van der Waals surface area contributed by atoms with E-state index in [-0.39, 0.29) is 17.9 Å². The number of carbonyl (C=O) groups excluding carboxylic acids is 2. The molecule has 0 bridgehead atoms. The average Bonchev–Trinajstić information content (AvgIpc) is 2.82. The number of likely N-dealkylation sites (tertiary alicyclic amines) is 1. The van der Waals surface area contributed by atoms with Crippen LogP contribution in [0, 0.1) is 12.8 Å². The molecule has 2 amide bonds. The van der Waals surface area contributed by atoms with E-state index >= 15 is 0 Å². The van der Waals surface area contributed by atoms with Crippen LogP contribution in [0.5, 0.6) is 0 Å². The third kappa shape index (κ3) is 5.38. The number of nitrogens with one attached hydrogen (secondary N) is 1. The van der Waals surface area contributed by atoms with Gasteiger partial charge in [-0.3, -0.25) is 9.59 Å². The fourth-order valence-corrected chi connectivity index (χ4v) is 2.90. The van der Waals surface area contributed by atoms with Crippen LogP contribution in [-0.2, 0) is 16.1 Å². The Labute approximate surface area is 139 Å². The van der Waals surface area contributed by atoms with E-state index in [0.717, 1.165) is 24.9 Å². The van der Waals surface area contributed by atoms with Crippen LogP contribution >= 0.6 is 0 Å². The lowest BCUT2D eigenvalue weighted by Crippen LogP contribution is -2.37. The van der Waals surface area contributed by atoms with Crippen LogP contribution in [0.25, 0.3) is 0 Å². The second kappa shape index (κ2) is 8.14. The number of carbonyl (C=O) groups is 2. The van der Waals surface area contributed by atoms with E-state index in [9.17, 15) is 9.59 Å². The van der Waals surface area contributed by atoms with Gasteiger partial charge in [-0.2, -0.15) is 0 Å². The highest BCUT2D eigenvalue weighted by Gasteiger charge is 2.32. The van der Waals surface area contributed by atoms with Gasteiger partial charge in [-0.25, -0.2) is 0 Å². The Morgan fingerprint density at radius 2 is 2.00 bits per heavy atom. The number of hydrogen-bond donors (Lipinski definition) is 1. The minimum atomic E-state index is 0.0304. The zero-order valence-electron chi connectivity index (χ0n) is 14.5. The largest absolute Gasteiger partial charge is 0.356 e. The van der Waals surface area contributed by atoms with E-state index in [1.807, 2.05) is 4.90 Å². The summed E-state index contributed by atoms with van der Waals surface area (Å²) in [7, 11) is 0. The highest BCUT2D eigenvalue weighted by Crippen LogP contribution is 2.24. The quantitative estimate of drug-likeness (QED) is 0.840. The van der Waals surface area contributed by atoms with Crippen molar-refractivity contribution < 1.29 is 9.59 Å². The Bertz CT molecular complexity index is 537. The summed E-state index contributed by atoms with van der Waals surface area (Å²) >= 11 is 0. The van der Waals surface area contributed by atoms with Crippen molar-refractivity contribution in [3.63, 3.8) is 0 Å². The van der Waals surface area contributed by atoms with E-state index < -0.39 is 0 Å². The van der Waals surface area contributed by atoms with Gasteiger partial charge in [0.25, 0.3) is 0 Å². The maximum absolute atomic E-state index is 12.1. The summed E-state index contributed by atoms with van der Waals surface area (Å²) in [6, 6.07) is 8.26. The molecule has 1 aromatic rings. The molecule has 0 aromatic heterocycles. The van der Waals surface area contributed by atoms with Gasteiger partial charge in [0.05, 0.1) is 0 Å². The van der Waals surface area contributed by atoms with Gasteiger partial charge >= 0.3 is 0 Å². The summed E-state index contributed by atoms with van der Waals surface area (Å²) in [6.07, 6.45) is 2.73. The summed E-state index contributed by atoms with van der Waals surface area (Å²) in [4.78, 5) is 26.1. The van der Waals surface area contributed by atoms with Crippen LogP contribution in [0.15, 0.2) is 24.3 Å². The lowest BCUT2D eigenvalue weighted by Gasteiger charge is -2.24. The second-order valence-corrected chi connectivity index (χ2v) is 6.94. The van der Waals surface area contributed by atoms with Crippen molar-refractivity contribution in [1.82, 2.24) is 10.2 Å². The van der Waals surface area contributed by atoms with E-state index in [2.05, 4.69) is 50.4 Å². The lowest BCUT2D eigenvalue weighted by molar-refractivity contribution is -0.130. The molecule has 4 nitrogen and oxygen atoms in total. The molecule has 0 saturated carbocycles. The topological polar surface area (TPSA) is 49.4 Å². The third-order valence-electron chi connectivity index (χ3n) is 4.39.